The second-order valence-corrected chi connectivity index (χ2v) is 6.26. The molecule has 0 aliphatic rings. The molecule has 0 radical (unpaired) electrons. The minimum absolute atomic E-state index is 0.0185. The first-order valence-corrected chi connectivity index (χ1v) is 7.19. The van der Waals surface area contributed by atoms with Gasteiger partial charge in [0.2, 0.25) is 0 Å². The summed E-state index contributed by atoms with van der Waals surface area (Å²) < 4.78 is 34.9. The molecule has 9 heteroatoms. The van der Waals surface area contributed by atoms with Crippen molar-refractivity contribution in [3.05, 3.63) is 33.1 Å². The van der Waals surface area contributed by atoms with Gasteiger partial charge in [-0.2, -0.15) is 0 Å². The lowest BCUT2D eigenvalue weighted by Crippen LogP contribution is -2.15. The molecule has 0 spiro atoms. The Balaban J connectivity index is 2.94. The number of nitrogens with one attached hydrogen (secondary N) is 1. The molecule has 1 aromatic carbocycles. The van der Waals surface area contributed by atoms with E-state index in [9.17, 15) is 22.9 Å². The summed E-state index contributed by atoms with van der Waals surface area (Å²) >= 11 is 5.50. The Morgan fingerprint density at radius 2 is 2.11 bits per heavy atom. The molecule has 0 fully saturated rings. The smallest absolute Gasteiger partial charge is 0.295 e. The Morgan fingerprint density at radius 3 is 2.61 bits per heavy atom. The van der Waals surface area contributed by atoms with Gasteiger partial charge in [0.15, 0.2) is 0 Å². The van der Waals surface area contributed by atoms with Crippen LogP contribution in [0, 0.1) is 15.9 Å². The summed E-state index contributed by atoms with van der Waals surface area (Å²) in [5.41, 5.74) is -0.513. The second kappa shape index (κ2) is 5.49. The third-order valence-corrected chi connectivity index (χ3v) is 3.26. The number of nitro benzene ring substituents is 1. The van der Waals surface area contributed by atoms with Crippen molar-refractivity contribution in [3.63, 3.8) is 0 Å². The third-order valence-electron chi connectivity index (χ3n) is 2.02. The number of rotatable bonds is 5. The van der Waals surface area contributed by atoms with E-state index >= 15 is 0 Å². The highest BCUT2D eigenvalue weighted by Gasteiger charge is 2.17. The first-order valence-electron chi connectivity index (χ1n) is 4.76. The predicted molar refractivity (Wildman–Crippen MR) is 66.3 cm³/mol. The molecule has 0 saturated carbocycles. The Morgan fingerprint density at radius 1 is 1.50 bits per heavy atom. The maximum absolute atomic E-state index is 13.1. The standard InChI is InChI=1S/C9H10ClFN2O4S/c1-18(16,17)3-2-12-8-4-6(10)7(11)5-9(8)13(14)15/h4-5,12H,2-3H2,1H3. The number of hydrogen-bond acceptors (Lipinski definition) is 5. The van der Waals surface area contributed by atoms with E-state index in [1.54, 1.807) is 0 Å². The molecule has 0 aromatic heterocycles. The van der Waals surface area contributed by atoms with Crippen molar-refractivity contribution in [2.45, 2.75) is 0 Å². The maximum Gasteiger partial charge on any atom is 0.295 e. The fourth-order valence-corrected chi connectivity index (χ4v) is 1.84. The van der Waals surface area contributed by atoms with Crippen molar-refractivity contribution in [3.8, 4) is 0 Å². The van der Waals surface area contributed by atoms with E-state index in [4.69, 9.17) is 11.6 Å². The second-order valence-electron chi connectivity index (χ2n) is 3.60. The van der Waals surface area contributed by atoms with E-state index in [-0.39, 0.29) is 23.0 Å². The van der Waals surface area contributed by atoms with Crippen LogP contribution in [0.2, 0.25) is 5.02 Å². The molecule has 6 nitrogen and oxygen atoms in total. The molecule has 100 valence electrons. The van der Waals surface area contributed by atoms with E-state index in [2.05, 4.69) is 5.32 Å². The average Bonchev–Trinajstić information content (AvgIpc) is 2.20. The number of benzene rings is 1. The Kier molecular flexibility index (Phi) is 4.47. The minimum Gasteiger partial charge on any atom is -0.378 e. The van der Waals surface area contributed by atoms with Crippen LogP contribution in [0.5, 0.6) is 0 Å². The molecule has 18 heavy (non-hydrogen) atoms. The summed E-state index contributed by atoms with van der Waals surface area (Å²) in [5.74, 6) is -1.10. The molecule has 0 saturated heterocycles. The van der Waals surface area contributed by atoms with Crippen LogP contribution in [0.1, 0.15) is 0 Å². The highest BCUT2D eigenvalue weighted by molar-refractivity contribution is 7.90. The topological polar surface area (TPSA) is 89.3 Å². The summed E-state index contributed by atoms with van der Waals surface area (Å²) in [7, 11) is -3.19. The summed E-state index contributed by atoms with van der Waals surface area (Å²) in [5, 5.41) is 13.0. The quantitative estimate of drug-likeness (QED) is 0.661. The van der Waals surface area contributed by atoms with Gasteiger partial charge in [-0.25, -0.2) is 12.8 Å². The van der Waals surface area contributed by atoms with Crippen LogP contribution in [0.25, 0.3) is 0 Å². The zero-order chi connectivity index (χ0) is 13.9. The van der Waals surface area contributed by atoms with Gasteiger partial charge < -0.3 is 5.32 Å². The number of anilines is 1. The van der Waals surface area contributed by atoms with Gasteiger partial charge in [-0.15, -0.1) is 0 Å². The molecule has 0 bridgehead atoms. The van der Waals surface area contributed by atoms with Crippen molar-refractivity contribution < 1.29 is 17.7 Å². The van der Waals surface area contributed by atoms with Crippen molar-refractivity contribution in [1.82, 2.24) is 0 Å². The van der Waals surface area contributed by atoms with Crippen LogP contribution >= 0.6 is 11.6 Å². The van der Waals surface area contributed by atoms with Gasteiger partial charge in [-0.1, -0.05) is 11.6 Å². The van der Waals surface area contributed by atoms with Crippen molar-refractivity contribution in [1.29, 1.82) is 0 Å². The van der Waals surface area contributed by atoms with Gasteiger partial charge in [-0.3, -0.25) is 10.1 Å². The monoisotopic (exact) mass is 296 g/mol. The molecule has 0 unspecified atom stereocenters. The van der Waals surface area contributed by atoms with Crippen LogP contribution in [-0.4, -0.2) is 31.9 Å². The first-order chi connectivity index (χ1) is 8.20. The molecular weight excluding hydrogens is 287 g/mol. The van der Waals surface area contributed by atoms with Gasteiger partial charge >= 0.3 is 0 Å². The van der Waals surface area contributed by atoms with Gasteiger partial charge in [0.25, 0.3) is 5.69 Å². The Labute approximate surface area is 108 Å². The van der Waals surface area contributed by atoms with E-state index in [1.165, 1.54) is 0 Å². The lowest BCUT2D eigenvalue weighted by Gasteiger charge is -2.07. The summed E-state index contributed by atoms with van der Waals surface area (Å²) in [4.78, 5) is 9.91. The molecule has 0 aliphatic carbocycles. The number of nitro groups is 1. The van der Waals surface area contributed by atoms with Crippen LogP contribution in [-0.2, 0) is 9.84 Å². The zero-order valence-electron chi connectivity index (χ0n) is 9.31. The Bertz CT molecular complexity index is 576. The van der Waals surface area contributed by atoms with Gasteiger partial charge in [0.1, 0.15) is 21.3 Å². The van der Waals surface area contributed by atoms with Crippen molar-refractivity contribution >= 4 is 32.8 Å². The van der Waals surface area contributed by atoms with E-state index in [0.717, 1.165) is 12.3 Å². The zero-order valence-corrected chi connectivity index (χ0v) is 10.9. The van der Waals surface area contributed by atoms with Gasteiger partial charge in [0, 0.05) is 12.8 Å². The lowest BCUT2D eigenvalue weighted by atomic mass is 10.2. The molecular formula is C9H10ClFN2O4S. The van der Waals surface area contributed by atoms with E-state index in [1.807, 2.05) is 0 Å². The largest absolute Gasteiger partial charge is 0.378 e. The SMILES string of the molecule is CS(=O)(=O)CCNc1cc(Cl)c(F)cc1[N+](=O)[O-]. The summed E-state index contributed by atoms with van der Waals surface area (Å²) in [6.45, 7) is -0.0262. The fraction of sp³-hybridized carbons (Fsp3) is 0.333. The molecule has 1 aromatic rings. The molecule has 1 rings (SSSR count). The van der Waals surface area contributed by atoms with Crippen LogP contribution in [0.4, 0.5) is 15.8 Å². The highest BCUT2D eigenvalue weighted by atomic mass is 35.5. The van der Waals surface area contributed by atoms with E-state index in [0.29, 0.717) is 6.07 Å². The molecule has 1 N–H and O–H groups in total. The maximum atomic E-state index is 13.1. The van der Waals surface area contributed by atoms with Gasteiger partial charge in [-0.05, 0) is 6.07 Å². The molecule has 0 amide bonds. The summed E-state index contributed by atoms with van der Waals surface area (Å²) in [6, 6.07) is 1.74. The van der Waals surface area contributed by atoms with Crippen molar-refractivity contribution in [2.24, 2.45) is 0 Å². The number of hydrogen-bond donors (Lipinski definition) is 1. The highest BCUT2D eigenvalue weighted by Crippen LogP contribution is 2.30. The summed E-state index contributed by atoms with van der Waals surface area (Å²) in [6.07, 6.45) is 1.04. The normalized spacial score (nSPS) is 11.3. The van der Waals surface area contributed by atoms with Crippen LogP contribution in [0.3, 0.4) is 0 Å². The first kappa shape index (κ1) is 14.7. The number of halogens is 2. The van der Waals surface area contributed by atoms with E-state index < -0.39 is 26.3 Å². The van der Waals surface area contributed by atoms with Crippen LogP contribution < -0.4 is 5.32 Å². The molecule has 0 aliphatic heterocycles. The predicted octanol–water partition coefficient (Wildman–Crippen LogP) is 1.84. The minimum atomic E-state index is -3.19. The van der Waals surface area contributed by atoms with Crippen molar-refractivity contribution in [2.75, 3.05) is 23.9 Å². The number of sulfone groups is 1. The number of nitrogens with zero attached hydrogens (tertiary/aromatic N) is 1. The lowest BCUT2D eigenvalue weighted by molar-refractivity contribution is -0.384. The molecule has 0 atom stereocenters. The Hall–Kier alpha value is -1.41. The van der Waals surface area contributed by atoms with Crippen LogP contribution in [0.15, 0.2) is 12.1 Å². The van der Waals surface area contributed by atoms with Gasteiger partial charge in [0.05, 0.1) is 21.8 Å². The average molecular weight is 297 g/mol. The fourth-order valence-electron chi connectivity index (χ4n) is 1.20. The molecule has 0 heterocycles. The third kappa shape index (κ3) is 4.11.